The van der Waals surface area contributed by atoms with Crippen molar-refractivity contribution in [1.82, 2.24) is 14.5 Å². The number of aryl methyl sites for hydroxylation is 1. The molecule has 0 aromatic carbocycles. The largest absolute Gasteiger partial charge is 0.383 e. The molecule has 0 spiro atoms. The topological polar surface area (TPSA) is 30.3 Å². The second-order valence-corrected chi connectivity index (χ2v) is 4.28. The van der Waals surface area contributed by atoms with Gasteiger partial charge in [-0.15, -0.1) is 0 Å². The quantitative estimate of drug-likeness (QED) is 0.673. The van der Waals surface area contributed by atoms with E-state index in [1.54, 1.807) is 7.11 Å². The molecule has 92 valence electrons. The molecular formula is C12H23N3O. The van der Waals surface area contributed by atoms with Gasteiger partial charge in [0.05, 0.1) is 12.9 Å². The van der Waals surface area contributed by atoms with Crippen molar-refractivity contribution in [3.63, 3.8) is 0 Å². The van der Waals surface area contributed by atoms with Crippen molar-refractivity contribution in [2.45, 2.75) is 32.9 Å². The molecule has 0 aliphatic rings. The third-order valence-corrected chi connectivity index (χ3v) is 2.73. The minimum Gasteiger partial charge on any atom is -0.383 e. The Labute approximate surface area is 98.2 Å². The molecule has 0 fully saturated rings. The van der Waals surface area contributed by atoms with Crippen LogP contribution in [0.2, 0.25) is 0 Å². The normalized spacial score (nSPS) is 11.6. The predicted molar refractivity (Wildman–Crippen MR) is 65.4 cm³/mol. The predicted octanol–water partition coefficient (Wildman–Crippen LogP) is 1.63. The molecule has 0 amide bonds. The van der Waals surface area contributed by atoms with Gasteiger partial charge >= 0.3 is 0 Å². The van der Waals surface area contributed by atoms with E-state index in [2.05, 4.69) is 28.3 Å². The highest BCUT2D eigenvalue weighted by molar-refractivity contribution is 4.74. The molecule has 1 aromatic rings. The lowest BCUT2D eigenvalue weighted by atomic mass is 10.3. The Balaban J connectivity index is 2.21. The molecule has 16 heavy (non-hydrogen) atoms. The van der Waals surface area contributed by atoms with Crippen LogP contribution in [-0.2, 0) is 11.3 Å². The molecule has 0 bridgehead atoms. The molecule has 0 radical (unpaired) electrons. The van der Waals surface area contributed by atoms with E-state index in [1.807, 2.05) is 18.7 Å². The molecule has 0 N–H and O–H groups in total. The summed E-state index contributed by atoms with van der Waals surface area (Å²) < 4.78 is 7.24. The Hall–Kier alpha value is -0.870. The second kappa shape index (κ2) is 7.41. The first-order chi connectivity index (χ1) is 7.74. The first-order valence-electron chi connectivity index (χ1n) is 5.92. The smallest absolute Gasteiger partial charge is 0.0945 e. The summed E-state index contributed by atoms with van der Waals surface area (Å²) in [5.74, 6) is 0. The van der Waals surface area contributed by atoms with Gasteiger partial charge in [-0.05, 0) is 20.3 Å². The van der Waals surface area contributed by atoms with Crippen molar-refractivity contribution in [3.8, 4) is 0 Å². The Morgan fingerprint density at radius 3 is 2.75 bits per heavy atom. The second-order valence-electron chi connectivity index (χ2n) is 4.28. The number of rotatable bonds is 8. The summed E-state index contributed by atoms with van der Waals surface area (Å²) in [4.78, 5) is 6.48. The maximum absolute atomic E-state index is 5.12. The van der Waals surface area contributed by atoms with E-state index >= 15 is 0 Å². The lowest BCUT2D eigenvalue weighted by Gasteiger charge is -2.26. The summed E-state index contributed by atoms with van der Waals surface area (Å²) in [6.07, 6.45) is 6.85. The zero-order valence-electron chi connectivity index (χ0n) is 10.6. The molecule has 4 heteroatoms. The molecule has 4 nitrogen and oxygen atoms in total. The fraction of sp³-hybridized carbons (Fsp3) is 0.750. The van der Waals surface area contributed by atoms with Crippen LogP contribution in [0.3, 0.4) is 0 Å². The van der Waals surface area contributed by atoms with E-state index in [4.69, 9.17) is 4.74 Å². The number of hydrogen-bond donors (Lipinski definition) is 0. The van der Waals surface area contributed by atoms with Crippen molar-refractivity contribution in [3.05, 3.63) is 18.7 Å². The number of hydrogen-bond acceptors (Lipinski definition) is 3. The molecule has 1 rings (SSSR count). The SMILES string of the molecule is COCCN(CCCn1ccnc1)C(C)C. The number of imidazole rings is 1. The molecule has 0 saturated carbocycles. The van der Waals surface area contributed by atoms with Crippen molar-refractivity contribution in [2.75, 3.05) is 26.8 Å². The molecular weight excluding hydrogens is 202 g/mol. The average Bonchev–Trinajstić information content (AvgIpc) is 2.75. The van der Waals surface area contributed by atoms with Gasteiger partial charge in [-0.3, -0.25) is 4.90 Å². The highest BCUT2D eigenvalue weighted by Gasteiger charge is 2.08. The van der Waals surface area contributed by atoms with E-state index < -0.39 is 0 Å². The van der Waals surface area contributed by atoms with Crippen LogP contribution in [0.4, 0.5) is 0 Å². The number of nitrogens with zero attached hydrogens (tertiary/aromatic N) is 3. The summed E-state index contributed by atoms with van der Waals surface area (Å²) in [7, 11) is 1.75. The molecule has 0 unspecified atom stereocenters. The van der Waals surface area contributed by atoms with Gasteiger partial charge in [-0.1, -0.05) is 0 Å². The first-order valence-corrected chi connectivity index (χ1v) is 5.92. The Morgan fingerprint density at radius 2 is 2.19 bits per heavy atom. The minimum atomic E-state index is 0.581. The summed E-state index contributed by atoms with van der Waals surface area (Å²) in [6, 6.07) is 0.581. The summed E-state index contributed by atoms with van der Waals surface area (Å²) in [6.45, 7) is 8.43. The van der Waals surface area contributed by atoms with Crippen LogP contribution in [-0.4, -0.2) is 47.3 Å². The third-order valence-electron chi connectivity index (χ3n) is 2.73. The van der Waals surface area contributed by atoms with Crippen LogP contribution in [0.15, 0.2) is 18.7 Å². The average molecular weight is 225 g/mol. The van der Waals surface area contributed by atoms with Gasteiger partial charge in [0, 0.05) is 45.2 Å². The lowest BCUT2D eigenvalue weighted by Crippen LogP contribution is -2.35. The highest BCUT2D eigenvalue weighted by atomic mass is 16.5. The molecule has 0 aliphatic carbocycles. The maximum atomic E-state index is 5.12. The standard InChI is InChI=1S/C12H23N3O/c1-12(2)15(9-10-16-3)7-4-6-14-8-5-13-11-14/h5,8,11-12H,4,6-7,9-10H2,1-3H3. The fourth-order valence-electron chi connectivity index (χ4n) is 1.71. The number of ether oxygens (including phenoxy) is 1. The Kier molecular flexibility index (Phi) is 6.11. The van der Waals surface area contributed by atoms with Crippen LogP contribution in [0.5, 0.6) is 0 Å². The lowest BCUT2D eigenvalue weighted by molar-refractivity contribution is 0.127. The fourth-order valence-corrected chi connectivity index (χ4v) is 1.71. The maximum Gasteiger partial charge on any atom is 0.0945 e. The minimum absolute atomic E-state index is 0.581. The van der Waals surface area contributed by atoms with Crippen molar-refractivity contribution in [1.29, 1.82) is 0 Å². The van der Waals surface area contributed by atoms with E-state index in [-0.39, 0.29) is 0 Å². The molecule has 0 aliphatic heterocycles. The van der Waals surface area contributed by atoms with Crippen molar-refractivity contribution >= 4 is 0 Å². The van der Waals surface area contributed by atoms with Gasteiger partial charge in [-0.25, -0.2) is 4.98 Å². The van der Waals surface area contributed by atoms with E-state index in [9.17, 15) is 0 Å². The van der Waals surface area contributed by atoms with Crippen LogP contribution < -0.4 is 0 Å². The van der Waals surface area contributed by atoms with Gasteiger partial charge in [0.15, 0.2) is 0 Å². The van der Waals surface area contributed by atoms with Crippen molar-refractivity contribution in [2.24, 2.45) is 0 Å². The number of methoxy groups -OCH3 is 1. The zero-order chi connectivity index (χ0) is 11.8. The number of aromatic nitrogens is 2. The Morgan fingerprint density at radius 1 is 1.38 bits per heavy atom. The molecule has 0 atom stereocenters. The molecule has 1 aromatic heterocycles. The van der Waals surface area contributed by atoms with Crippen LogP contribution in [0.25, 0.3) is 0 Å². The summed E-state index contributed by atoms with van der Waals surface area (Å²) in [5, 5.41) is 0. The molecule has 0 saturated heterocycles. The van der Waals surface area contributed by atoms with E-state index in [1.165, 1.54) is 0 Å². The van der Waals surface area contributed by atoms with E-state index in [0.717, 1.165) is 32.7 Å². The Bertz CT molecular complexity index is 259. The first kappa shape index (κ1) is 13.2. The van der Waals surface area contributed by atoms with Gasteiger partial charge in [0.1, 0.15) is 0 Å². The van der Waals surface area contributed by atoms with Crippen LogP contribution in [0, 0.1) is 0 Å². The van der Waals surface area contributed by atoms with Crippen molar-refractivity contribution < 1.29 is 4.74 Å². The molecule has 1 heterocycles. The summed E-state index contributed by atoms with van der Waals surface area (Å²) in [5.41, 5.74) is 0. The van der Waals surface area contributed by atoms with E-state index in [0.29, 0.717) is 6.04 Å². The monoisotopic (exact) mass is 225 g/mol. The summed E-state index contributed by atoms with van der Waals surface area (Å²) >= 11 is 0. The van der Waals surface area contributed by atoms with Gasteiger partial charge in [-0.2, -0.15) is 0 Å². The van der Waals surface area contributed by atoms with Crippen LogP contribution in [0.1, 0.15) is 20.3 Å². The highest BCUT2D eigenvalue weighted by Crippen LogP contribution is 2.01. The van der Waals surface area contributed by atoms with Crippen LogP contribution >= 0.6 is 0 Å². The third kappa shape index (κ3) is 4.77. The van der Waals surface area contributed by atoms with Gasteiger partial charge < -0.3 is 9.30 Å². The van der Waals surface area contributed by atoms with Gasteiger partial charge in [0.2, 0.25) is 0 Å². The van der Waals surface area contributed by atoms with Gasteiger partial charge in [0.25, 0.3) is 0 Å². The zero-order valence-corrected chi connectivity index (χ0v) is 10.6.